The van der Waals surface area contributed by atoms with Crippen LogP contribution in [0.3, 0.4) is 0 Å². The van der Waals surface area contributed by atoms with Crippen molar-refractivity contribution in [1.82, 2.24) is 5.32 Å². The zero-order valence-electron chi connectivity index (χ0n) is 13.7. The highest BCUT2D eigenvalue weighted by Crippen LogP contribution is 2.44. The maximum atomic E-state index is 12.5. The molecule has 1 aromatic heterocycles. The van der Waals surface area contributed by atoms with Gasteiger partial charge in [0, 0.05) is 11.6 Å². The molecule has 6 heteroatoms. The van der Waals surface area contributed by atoms with Crippen molar-refractivity contribution in [3.8, 4) is 5.75 Å². The Labute approximate surface area is 144 Å². The molecule has 2 aromatic rings. The third-order valence-corrected chi connectivity index (χ3v) is 5.38. The number of ketones is 1. The summed E-state index contributed by atoms with van der Waals surface area (Å²) < 4.78 is 5.84. The second kappa shape index (κ2) is 6.03. The van der Waals surface area contributed by atoms with Gasteiger partial charge in [-0.3, -0.25) is 9.59 Å². The van der Waals surface area contributed by atoms with E-state index in [2.05, 4.69) is 5.32 Å². The summed E-state index contributed by atoms with van der Waals surface area (Å²) in [6.45, 7) is 5.00. The highest BCUT2D eigenvalue weighted by atomic mass is 32.1. The smallest absolute Gasteiger partial charge is 0.251 e. The van der Waals surface area contributed by atoms with Crippen molar-refractivity contribution < 1.29 is 19.4 Å². The van der Waals surface area contributed by atoms with Crippen LogP contribution in [-0.4, -0.2) is 28.5 Å². The van der Waals surface area contributed by atoms with E-state index in [1.807, 2.05) is 6.07 Å². The quantitative estimate of drug-likeness (QED) is 0.839. The van der Waals surface area contributed by atoms with E-state index in [4.69, 9.17) is 4.74 Å². The summed E-state index contributed by atoms with van der Waals surface area (Å²) in [5, 5.41) is 13.5. The summed E-state index contributed by atoms with van der Waals surface area (Å²) in [6.07, 6.45) is -0.934. The lowest BCUT2D eigenvalue weighted by molar-refractivity contribution is -0.0612. The largest absolute Gasteiger partial charge is 0.484 e. The van der Waals surface area contributed by atoms with Crippen molar-refractivity contribution in [3.05, 3.63) is 51.7 Å². The third-order valence-electron chi connectivity index (χ3n) is 4.08. The molecule has 0 aliphatic carbocycles. The lowest BCUT2D eigenvalue weighted by Crippen LogP contribution is -2.53. The van der Waals surface area contributed by atoms with Crippen LogP contribution in [0.5, 0.6) is 5.75 Å². The highest BCUT2D eigenvalue weighted by molar-refractivity contribution is 7.14. The van der Waals surface area contributed by atoms with E-state index in [0.717, 1.165) is 0 Å². The summed E-state index contributed by atoms with van der Waals surface area (Å²) in [5.74, 6) is 0.193. The monoisotopic (exact) mass is 345 g/mol. The fourth-order valence-corrected chi connectivity index (χ4v) is 3.77. The molecule has 24 heavy (non-hydrogen) atoms. The molecule has 1 aliphatic heterocycles. The lowest BCUT2D eigenvalue weighted by Gasteiger charge is -2.40. The maximum Gasteiger partial charge on any atom is 0.251 e. The SMILES string of the molecule is CC(=O)c1cc2c(s1)[C@@H](NC(=O)c1ccccc1)[C@H](O)C(C)(C)O2. The van der Waals surface area contributed by atoms with Crippen LogP contribution in [0.15, 0.2) is 36.4 Å². The van der Waals surface area contributed by atoms with Gasteiger partial charge in [-0.05, 0) is 32.9 Å². The van der Waals surface area contributed by atoms with E-state index in [0.29, 0.717) is 21.1 Å². The summed E-state index contributed by atoms with van der Waals surface area (Å²) >= 11 is 1.24. The molecular weight excluding hydrogens is 326 g/mol. The second-order valence-corrected chi connectivity index (χ2v) is 7.45. The van der Waals surface area contributed by atoms with E-state index in [9.17, 15) is 14.7 Å². The molecule has 1 aromatic carbocycles. The van der Waals surface area contributed by atoms with Crippen molar-refractivity contribution in [2.45, 2.75) is 38.5 Å². The number of hydrogen-bond acceptors (Lipinski definition) is 5. The summed E-state index contributed by atoms with van der Waals surface area (Å²) in [6, 6.07) is 9.87. The molecule has 0 spiro atoms. The average molecular weight is 345 g/mol. The molecule has 0 fully saturated rings. The average Bonchev–Trinajstić information content (AvgIpc) is 2.95. The molecule has 2 atom stereocenters. The van der Waals surface area contributed by atoms with Gasteiger partial charge in [0.15, 0.2) is 5.78 Å². The van der Waals surface area contributed by atoms with E-state index in [1.165, 1.54) is 18.3 Å². The van der Waals surface area contributed by atoms with Crippen molar-refractivity contribution in [2.24, 2.45) is 0 Å². The summed E-state index contributed by atoms with van der Waals surface area (Å²) in [5.41, 5.74) is -0.365. The van der Waals surface area contributed by atoms with Crippen LogP contribution in [0.2, 0.25) is 0 Å². The Bertz CT molecular complexity index is 782. The van der Waals surface area contributed by atoms with Crippen LogP contribution < -0.4 is 10.1 Å². The van der Waals surface area contributed by atoms with Crippen LogP contribution in [-0.2, 0) is 0 Å². The maximum absolute atomic E-state index is 12.5. The fourth-order valence-electron chi connectivity index (χ4n) is 2.71. The number of aliphatic hydroxyl groups is 1. The van der Waals surface area contributed by atoms with Gasteiger partial charge < -0.3 is 15.2 Å². The lowest BCUT2D eigenvalue weighted by atomic mass is 9.90. The molecule has 0 radical (unpaired) electrons. The van der Waals surface area contributed by atoms with Crippen LogP contribution >= 0.6 is 11.3 Å². The standard InChI is InChI=1S/C18H19NO4S/c1-10(20)13-9-12-15(24-13)14(16(21)18(2,3)23-12)19-17(22)11-7-5-4-6-8-11/h4-9,14,16,21H,1-3H3,(H,19,22)/t14-,16+/m1/s1. The number of nitrogens with one attached hydrogen (secondary N) is 1. The molecule has 126 valence electrons. The Morgan fingerprint density at radius 1 is 1.25 bits per heavy atom. The van der Waals surface area contributed by atoms with Gasteiger partial charge in [-0.25, -0.2) is 0 Å². The number of benzene rings is 1. The van der Waals surface area contributed by atoms with Gasteiger partial charge in [-0.2, -0.15) is 0 Å². The molecule has 0 unspecified atom stereocenters. The number of aliphatic hydroxyl groups excluding tert-OH is 1. The van der Waals surface area contributed by atoms with Crippen molar-refractivity contribution in [2.75, 3.05) is 0 Å². The van der Waals surface area contributed by atoms with Gasteiger partial charge in [0.1, 0.15) is 17.5 Å². The summed E-state index contributed by atoms with van der Waals surface area (Å²) in [4.78, 5) is 25.4. The topological polar surface area (TPSA) is 75.6 Å². The Hall–Kier alpha value is -2.18. The van der Waals surface area contributed by atoms with Gasteiger partial charge >= 0.3 is 0 Å². The Kier molecular flexibility index (Phi) is 4.19. The van der Waals surface area contributed by atoms with Crippen molar-refractivity contribution >= 4 is 23.0 Å². The minimum atomic E-state index is -0.934. The molecule has 1 aliphatic rings. The Morgan fingerprint density at radius 2 is 1.92 bits per heavy atom. The Morgan fingerprint density at radius 3 is 2.54 bits per heavy atom. The third kappa shape index (κ3) is 2.95. The molecule has 2 heterocycles. The molecular formula is C18H19NO4S. The molecule has 5 nitrogen and oxygen atoms in total. The first kappa shape index (κ1) is 16.7. The first-order valence-electron chi connectivity index (χ1n) is 7.67. The molecule has 3 rings (SSSR count). The number of ether oxygens (including phenoxy) is 1. The number of amides is 1. The van der Waals surface area contributed by atoms with Crippen LogP contribution in [0.4, 0.5) is 0 Å². The molecule has 2 N–H and O–H groups in total. The minimum absolute atomic E-state index is 0.0709. The number of thiophene rings is 1. The highest BCUT2D eigenvalue weighted by Gasteiger charge is 2.45. The van der Waals surface area contributed by atoms with Gasteiger partial charge in [0.25, 0.3) is 5.91 Å². The predicted octanol–water partition coefficient (Wildman–Crippen LogP) is 2.95. The zero-order chi connectivity index (χ0) is 17.5. The number of Topliss-reactive ketones (excluding diaryl/α,β-unsaturated/α-hetero) is 1. The van der Waals surface area contributed by atoms with Gasteiger partial charge in [0.05, 0.1) is 15.8 Å². The first-order chi connectivity index (χ1) is 11.3. The normalized spacial score (nSPS) is 21.5. The first-order valence-corrected chi connectivity index (χ1v) is 8.49. The predicted molar refractivity (Wildman–Crippen MR) is 91.7 cm³/mol. The van der Waals surface area contributed by atoms with Crippen molar-refractivity contribution in [3.63, 3.8) is 0 Å². The number of carbonyl (C=O) groups excluding carboxylic acids is 2. The molecule has 0 saturated carbocycles. The minimum Gasteiger partial charge on any atom is -0.484 e. The number of carbonyl (C=O) groups is 2. The number of rotatable bonds is 3. The van der Waals surface area contributed by atoms with E-state index in [1.54, 1.807) is 44.2 Å². The van der Waals surface area contributed by atoms with Crippen LogP contribution in [0.25, 0.3) is 0 Å². The second-order valence-electron chi connectivity index (χ2n) is 6.36. The van der Waals surface area contributed by atoms with Crippen LogP contribution in [0.1, 0.15) is 51.7 Å². The summed E-state index contributed by atoms with van der Waals surface area (Å²) in [7, 11) is 0. The molecule has 1 amide bonds. The van der Waals surface area contributed by atoms with Gasteiger partial charge in [0.2, 0.25) is 0 Å². The Balaban J connectivity index is 1.96. The van der Waals surface area contributed by atoms with Gasteiger partial charge in [-0.15, -0.1) is 11.3 Å². The van der Waals surface area contributed by atoms with Crippen molar-refractivity contribution in [1.29, 1.82) is 0 Å². The molecule has 0 saturated heterocycles. The number of hydrogen-bond donors (Lipinski definition) is 2. The fraction of sp³-hybridized carbons (Fsp3) is 0.333. The zero-order valence-corrected chi connectivity index (χ0v) is 14.5. The van der Waals surface area contributed by atoms with Gasteiger partial charge in [-0.1, -0.05) is 18.2 Å². The van der Waals surface area contributed by atoms with Crippen LogP contribution in [0, 0.1) is 0 Å². The van der Waals surface area contributed by atoms with E-state index >= 15 is 0 Å². The number of fused-ring (bicyclic) bond motifs is 1. The van der Waals surface area contributed by atoms with E-state index in [-0.39, 0.29) is 11.7 Å². The molecule has 0 bridgehead atoms. The van der Waals surface area contributed by atoms with E-state index < -0.39 is 17.7 Å².